The topological polar surface area (TPSA) is 43.4 Å². The predicted octanol–water partition coefficient (Wildman–Crippen LogP) is 0.925. The molecule has 5 heterocycles. The van der Waals surface area contributed by atoms with Crippen molar-refractivity contribution < 1.29 is 0 Å². The summed E-state index contributed by atoms with van der Waals surface area (Å²) in [5, 5.41) is 0. The predicted molar refractivity (Wildman–Crippen MR) is 57.0 cm³/mol. The van der Waals surface area contributed by atoms with E-state index in [2.05, 4.69) is 27.6 Å². The van der Waals surface area contributed by atoms with Crippen LogP contribution in [0.25, 0.3) is 22.8 Å². The van der Waals surface area contributed by atoms with E-state index < -0.39 is 0 Å². The van der Waals surface area contributed by atoms with Crippen LogP contribution in [0, 0.1) is 0 Å². The molecule has 0 fully saturated rings. The Labute approximate surface area is 88.3 Å². The van der Waals surface area contributed by atoms with Crippen molar-refractivity contribution in [2.75, 3.05) is 0 Å². The third-order valence-electron chi connectivity index (χ3n) is 3.15. The van der Waals surface area contributed by atoms with Crippen LogP contribution in [0.1, 0.15) is 0 Å². The molecule has 5 rings (SSSR count). The summed E-state index contributed by atoms with van der Waals surface area (Å²) in [4.78, 5) is 8.70. The molecule has 0 aliphatic heterocycles. The molecule has 0 aliphatic rings. The molecule has 6 nitrogen and oxygen atoms in total. The largest absolute Gasteiger partial charge is 0.267 e. The van der Waals surface area contributed by atoms with E-state index in [0.29, 0.717) is 0 Å². The molecule has 0 spiro atoms. The minimum Gasteiger partial charge on any atom is -0.267 e. The minimum atomic E-state index is 0.933. The van der Waals surface area contributed by atoms with E-state index in [1.807, 2.05) is 37.2 Å². The van der Waals surface area contributed by atoms with E-state index in [0.717, 1.165) is 22.8 Å². The van der Waals surface area contributed by atoms with Crippen LogP contribution < -0.4 is 0 Å². The smallest absolute Gasteiger partial charge is 0.221 e. The van der Waals surface area contributed by atoms with Crippen molar-refractivity contribution in [3.8, 4) is 0 Å². The second kappa shape index (κ2) is 1.90. The Bertz CT molecular complexity index is 871. The van der Waals surface area contributed by atoms with E-state index in [4.69, 9.17) is 0 Å². The van der Waals surface area contributed by atoms with Gasteiger partial charge < -0.3 is 0 Å². The van der Waals surface area contributed by atoms with Crippen molar-refractivity contribution in [2.24, 2.45) is 0 Å². The first kappa shape index (κ1) is 6.89. The third-order valence-corrected chi connectivity index (χ3v) is 3.15. The fraction of sp³-hybridized carbons (Fsp3) is 0. The van der Waals surface area contributed by atoms with Crippen molar-refractivity contribution in [1.82, 2.24) is 27.6 Å². The third kappa shape index (κ3) is 0.497. The highest BCUT2D eigenvalue weighted by molar-refractivity contribution is 5.80. The molecule has 0 saturated heterocycles. The van der Waals surface area contributed by atoms with Gasteiger partial charge in [-0.05, 0) is 0 Å². The van der Waals surface area contributed by atoms with Crippen molar-refractivity contribution in [3.05, 3.63) is 37.2 Å². The molecule has 0 radical (unpaired) electrons. The normalized spacial score (nSPS) is 13.0. The highest BCUT2D eigenvalue weighted by Gasteiger charge is 2.18. The Balaban J connectivity index is 2.41. The second-order valence-corrected chi connectivity index (χ2v) is 3.88. The Morgan fingerprint density at radius 1 is 0.625 bits per heavy atom. The molecule has 0 N–H and O–H groups in total. The van der Waals surface area contributed by atoms with Gasteiger partial charge in [0.1, 0.15) is 0 Å². The maximum Gasteiger partial charge on any atom is 0.221 e. The molecule has 6 heteroatoms. The van der Waals surface area contributed by atoms with Gasteiger partial charge in [0.15, 0.2) is 11.3 Å². The monoisotopic (exact) mass is 210 g/mol. The zero-order valence-electron chi connectivity index (χ0n) is 8.15. The Kier molecular flexibility index (Phi) is 0.818. The summed E-state index contributed by atoms with van der Waals surface area (Å²) in [7, 11) is 0. The van der Waals surface area contributed by atoms with E-state index in [9.17, 15) is 0 Å². The number of imidazole rings is 5. The fourth-order valence-electron chi connectivity index (χ4n) is 2.54. The number of aromatic nitrogens is 6. The lowest BCUT2D eigenvalue weighted by Gasteiger charge is -1.85. The first-order valence-electron chi connectivity index (χ1n) is 5.04. The standard InChI is InChI=1S/C10H6N6/c1-3-13-7-8-15(9(13)11-1)5-6-16(8)10-12-2-4-14(7)10/h1-6H. The lowest BCUT2D eigenvalue weighted by atomic mass is 10.7. The molecule has 0 unspecified atom stereocenters. The van der Waals surface area contributed by atoms with Crippen molar-refractivity contribution >= 4 is 22.8 Å². The van der Waals surface area contributed by atoms with Gasteiger partial charge in [-0.2, -0.15) is 0 Å². The van der Waals surface area contributed by atoms with E-state index >= 15 is 0 Å². The highest BCUT2D eigenvalue weighted by Crippen LogP contribution is 2.23. The summed E-state index contributed by atoms with van der Waals surface area (Å²) in [6, 6.07) is 0. The summed E-state index contributed by atoms with van der Waals surface area (Å²) in [6.07, 6.45) is 11.6. The Morgan fingerprint density at radius 3 is 1.56 bits per heavy atom. The van der Waals surface area contributed by atoms with Crippen molar-refractivity contribution in [1.29, 1.82) is 0 Å². The minimum absolute atomic E-state index is 0.933. The van der Waals surface area contributed by atoms with Crippen molar-refractivity contribution in [3.63, 3.8) is 0 Å². The van der Waals surface area contributed by atoms with Crippen LogP contribution in [0.15, 0.2) is 37.2 Å². The van der Waals surface area contributed by atoms with Gasteiger partial charge in [0, 0.05) is 37.2 Å². The zero-order chi connectivity index (χ0) is 10.3. The van der Waals surface area contributed by atoms with Gasteiger partial charge in [0.25, 0.3) is 0 Å². The SMILES string of the molecule is c1cn2c(n1)n1ccn3c4nccn4c2c13. The number of hydrogen-bond donors (Lipinski definition) is 0. The molecular weight excluding hydrogens is 204 g/mol. The summed E-state index contributed by atoms with van der Waals surface area (Å²) < 4.78 is 8.29. The summed E-state index contributed by atoms with van der Waals surface area (Å²) >= 11 is 0. The van der Waals surface area contributed by atoms with Gasteiger partial charge in [0.2, 0.25) is 11.6 Å². The number of hydrogen-bond acceptors (Lipinski definition) is 2. The molecule has 5 aromatic rings. The van der Waals surface area contributed by atoms with Crippen LogP contribution in [0.4, 0.5) is 0 Å². The molecule has 0 bridgehead atoms. The first-order valence-corrected chi connectivity index (χ1v) is 5.04. The van der Waals surface area contributed by atoms with E-state index in [-0.39, 0.29) is 0 Å². The van der Waals surface area contributed by atoms with Gasteiger partial charge in [-0.25, -0.2) is 9.97 Å². The lowest BCUT2D eigenvalue weighted by Crippen LogP contribution is -1.85. The zero-order valence-corrected chi connectivity index (χ0v) is 8.15. The summed E-state index contributed by atoms with van der Waals surface area (Å²) in [5.41, 5.74) is 2.22. The number of rotatable bonds is 0. The fourth-order valence-corrected chi connectivity index (χ4v) is 2.54. The van der Waals surface area contributed by atoms with Crippen LogP contribution in [0.2, 0.25) is 0 Å². The molecule has 0 saturated carbocycles. The average Bonchev–Trinajstić information content (AvgIpc) is 2.98. The van der Waals surface area contributed by atoms with Crippen LogP contribution in [0.3, 0.4) is 0 Å². The van der Waals surface area contributed by atoms with E-state index in [1.54, 1.807) is 0 Å². The molecule has 0 amide bonds. The number of fused-ring (bicyclic) bond motifs is 6. The molecule has 16 heavy (non-hydrogen) atoms. The summed E-state index contributed by atoms with van der Waals surface area (Å²) in [5.74, 6) is 1.87. The maximum atomic E-state index is 4.35. The van der Waals surface area contributed by atoms with Gasteiger partial charge in [-0.3, -0.25) is 17.6 Å². The summed E-state index contributed by atoms with van der Waals surface area (Å²) in [6.45, 7) is 0. The molecular formula is C10H6N6. The lowest BCUT2D eigenvalue weighted by molar-refractivity contribution is 1.11. The molecule has 0 atom stereocenters. The van der Waals surface area contributed by atoms with Crippen LogP contribution in [-0.2, 0) is 0 Å². The van der Waals surface area contributed by atoms with E-state index in [1.165, 1.54) is 0 Å². The van der Waals surface area contributed by atoms with Gasteiger partial charge in [0.05, 0.1) is 0 Å². The quantitative estimate of drug-likeness (QED) is 0.381. The average molecular weight is 210 g/mol. The van der Waals surface area contributed by atoms with Crippen molar-refractivity contribution in [2.45, 2.75) is 0 Å². The van der Waals surface area contributed by atoms with Crippen LogP contribution in [0.5, 0.6) is 0 Å². The molecule has 5 aromatic heterocycles. The van der Waals surface area contributed by atoms with Gasteiger partial charge >= 0.3 is 0 Å². The first-order chi connectivity index (χ1) is 7.95. The molecule has 76 valence electrons. The van der Waals surface area contributed by atoms with Gasteiger partial charge in [-0.15, -0.1) is 0 Å². The molecule has 0 aliphatic carbocycles. The van der Waals surface area contributed by atoms with Crippen LogP contribution >= 0.6 is 0 Å². The number of nitrogens with zero attached hydrogens (tertiary/aromatic N) is 6. The Hall–Kier alpha value is -2.50. The second-order valence-electron chi connectivity index (χ2n) is 3.88. The van der Waals surface area contributed by atoms with Crippen LogP contribution in [-0.4, -0.2) is 27.6 Å². The Morgan fingerprint density at radius 2 is 1.06 bits per heavy atom. The highest BCUT2D eigenvalue weighted by atomic mass is 15.3. The molecule has 0 aromatic carbocycles. The maximum absolute atomic E-state index is 4.35. The van der Waals surface area contributed by atoms with Gasteiger partial charge in [-0.1, -0.05) is 0 Å².